The van der Waals surface area contributed by atoms with Crippen LogP contribution in [-0.4, -0.2) is 70.4 Å². The fourth-order valence-electron chi connectivity index (χ4n) is 2.73. The molecule has 29 heavy (non-hydrogen) atoms. The number of hydrogen-bond donors (Lipinski definition) is 2. The van der Waals surface area contributed by atoms with E-state index in [1.807, 2.05) is 30.3 Å². The van der Waals surface area contributed by atoms with Crippen molar-refractivity contribution in [3.63, 3.8) is 0 Å². The maximum Gasteiger partial charge on any atom is 0.321 e. The number of urea groups is 1. The molecule has 1 aliphatic rings. The van der Waals surface area contributed by atoms with Gasteiger partial charge in [-0.05, 0) is 18.1 Å². The fourth-order valence-corrected chi connectivity index (χ4v) is 4.39. The first kappa shape index (κ1) is 21.4. The molecule has 3 amide bonds. The summed E-state index contributed by atoms with van der Waals surface area (Å²) in [4.78, 5) is 28.4. The number of amides is 3. The van der Waals surface area contributed by atoms with Gasteiger partial charge in [0.15, 0.2) is 4.34 Å². The van der Waals surface area contributed by atoms with Crippen LogP contribution in [0.4, 0.5) is 15.6 Å². The largest absolute Gasteiger partial charge is 0.360 e. The van der Waals surface area contributed by atoms with Crippen molar-refractivity contribution >= 4 is 45.9 Å². The van der Waals surface area contributed by atoms with Crippen molar-refractivity contribution in [1.29, 1.82) is 0 Å². The highest BCUT2D eigenvalue weighted by Gasteiger charge is 2.24. The number of thioether (sulfide) groups is 1. The van der Waals surface area contributed by atoms with Gasteiger partial charge < -0.3 is 20.4 Å². The maximum absolute atomic E-state index is 12.5. The Labute approximate surface area is 179 Å². The monoisotopic (exact) mass is 434 g/mol. The number of carbonyl (C=O) groups is 2. The Morgan fingerprint density at radius 3 is 2.48 bits per heavy atom. The summed E-state index contributed by atoms with van der Waals surface area (Å²) in [5, 5.41) is 15.1. The Kier molecular flexibility index (Phi) is 7.70. The van der Waals surface area contributed by atoms with Gasteiger partial charge in [0.25, 0.3) is 0 Å². The third-order valence-corrected chi connectivity index (χ3v) is 6.33. The van der Waals surface area contributed by atoms with Gasteiger partial charge in [-0.1, -0.05) is 55.1 Å². The van der Waals surface area contributed by atoms with E-state index >= 15 is 0 Å². The molecule has 2 N–H and O–H groups in total. The number of aromatic nitrogens is 2. The lowest BCUT2D eigenvalue weighted by Gasteiger charge is -2.34. The summed E-state index contributed by atoms with van der Waals surface area (Å²) in [5.41, 5.74) is 0.770. The molecule has 0 aliphatic carbocycles. The van der Waals surface area contributed by atoms with Gasteiger partial charge in [0, 0.05) is 38.4 Å². The fraction of sp³-hybridized carbons (Fsp3) is 0.474. The van der Waals surface area contributed by atoms with Crippen molar-refractivity contribution in [2.45, 2.75) is 18.2 Å². The highest BCUT2D eigenvalue weighted by Crippen LogP contribution is 2.26. The first-order valence-corrected chi connectivity index (χ1v) is 11.4. The van der Waals surface area contributed by atoms with E-state index in [0.29, 0.717) is 37.8 Å². The predicted molar refractivity (Wildman–Crippen MR) is 118 cm³/mol. The molecule has 0 unspecified atom stereocenters. The van der Waals surface area contributed by atoms with Gasteiger partial charge in [0.05, 0.1) is 5.75 Å². The highest BCUT2D eigenvalue weighted by atomic mass is 32.2. The Morgan fingerprint density at radius 2 is 1.79 bits per heavy atom. The van der Waals surface area contributed by atoms with E-state index in [1.165, 1.54) is 23.1 Å². The summed E-state index contributed by atoms with van der Waals surface area (Å²) in [6, 6.07) is 9.24. The van der Waals surface area contributed by atoms with E-state index < -0.39 is 0 Å². The molecule has 0 atom stereocenters. The molecule has 3 rings (SSSR count). The summed E-state index contributed by atoms with van der Waals surface area (Å²) < 4.78 is 0.783. The molecule has 1 fully saturated rings. The van der Waals surface area contributed by atoms with Crippen molar-refractivity contribution in [3.8, 4) is 0 Å². The lowest BCUT2D eigenvalue weighted by molar-refractivity contribution is -0.129. The summed E-state index contributed by atoms with van der Waals surface area (Å²) in [7, 11) is 0. The van der Waals surface area contributed by atoms with Crippen LogP contribution < -0.4 is 10.6 Å². The maximum atomic E-state index is 12.5. The van der Waals surface area contributed by atoms with Gasteiger partial charge in [0.1, 0.15) is 0 Å². The van der Waals surface area contributed by atoms with Crippen molar-refractivity contribution < 1.29 is 9.59 Å². The van der Waals surface area contributed by atoms with Crippen molar-refractivity contribution in [2.24, 2.45) is 5.92 Å². The average molecular weight is 435 g/mol. The molecule has 8 nitrogen and oxygen atoms in total. The number of nitrogens with zero attached hydrogens (tertiary/aromatic N) is 4. The van der Waals surface area contributed by atoms with Crippen LogP contribution in [0.15, 0.2) is 34.7 Å². The first-order valence-electron chi connectivity index (χ1n) is 9.60. The van der Waals surface area contributed by atoms with Crippen LogP contribution in [0.1, 0.15) is 13.8 Å². The first-order chi connectivity index (χ1) is 14.0. The Hall–Kier alpha value is -2.33. The minimum absolute atomic E-state index is 0.0602. The van der Waals surface area contributed by atoms with Crippen LogP contribution in [0.3, 0.4) is 0 Å². The quantitative estimate of drug-likeness (QED) is 0.651. The second kappa shape index (κ2) is 10.4. The molecule has 1 aromatic heterocycles. The SMILES string of the molecule is CC(C)CNc1nnc(SCC(=O)N2CCN(C(=O)Nc3ccccc3)CC2)s1. The Bertz CT molecular complexity index is 806. The molecule has 2 heterocycles. The number of hydrogen-bond acceptors (Lipinski definition) is 7. The predicted octanol–water partition coefficient (Wildman–Crippen LogP) is 3.07. The van der Waals surface area contributed by atoms with E-state index in [4.69, 9.17) is 0 Å². The molecular weight excluding hydrogens is 408 g/mol. The number of rotatable bonds is 7. The third kappa shape index (κ3) is 6.60. The lowest BCUT2D eigenvalue weighted by atomic mass is 10.2. The molecule has 2 aromatic rings. The molecule has 0 bridgehead atoms. The molecule has 156 valence electrons. The van der Waals surface area contributed by atoms with Crippen molar-refractivity contribution in [2.75, 3.05) is 49.1 Å². The average Bonchev–Trinajstić information content (AvgIpc) is 3.19. The zero-order valence-electron chi connectivity index (χ0n) is 16.6. The number of para-hydroxylation sites is 1. The number of benzene rings is 1. The van der Waals surface area contributed by atoms with E-state index in [2.05, 4.69) is 34.7 Å². The topological polar surface area (TPSA) is 90.5 Å². The number of carbonyl (C=O) groups excluding carboxylic acids is 2. The smallest absolute Gasteiger partial charge is 0.321 e. The Balaban J connectivity index is 1.39. The summed E-state index contributed by atoms with van der Waals surface area (Å²) >= 11 is 2.87. The van der Waals surface area contributed by atoms with Gasteiger partial charge in [0.2, 0.25) is 11.0 Å². The normalized spacial score (nSPS) is 14.2. The van der Waals surface area contributed by atoms with Crippen LogP contribution in [0.2, 0.25) is 0 Å². The number of anilines is 2. The van der Waals surface area contributed by atoms with Gasteiger partial charge in [-0.3, -0.25) is 4.79 Å². The van der Waals surface area contributed by atoms with Gasteiger partial charge >= 0.3 is 6.03 Å². The Morgan fingerprint density at radius 1 is 1.10 bits per heavy atom. The van der Waals surface area contributed by atoms with Crippen molar-refractivity contribution in [3.05, 3.63) is 30.3 Å². The summed E-state index contributed by atoms with van der Waals surface area (Å²) in [5.74, 6) is 0.921. The van der Waals surface area contributed by atoms with Crippen LogP contribution in [0.25, 0.3) is 0 Å². The molecule has 0 saturated carbocycles. The second-order valence-corrected chi connectivity index (χ2v) is 9.30. The molecular formula is C19H26N6O2S2. The number of nitrogens with one attached hydrogen (secondary N) is 2. The summed E-state index contributed by atoms with van der Waals surface area (Å²) in [6.45, 7) is 7.24. The van der Waals surface area contributed by atoms with Gasteiger partial charge in [-0.2, -0.15) is 0 Å². The third-order valence-electron chi connectivity index (χ3n) is 4.33. The zero-order valence-corrected chi connectivity index (χ0v) is 18.3. The minimum Gasteiger partial charge on any atom is -0.360 e. The van der Waals surface area contributed by atoms with Crippen LogP contribution >= 0.6 is 23.1 Å². The van der Waals surface area contributed by atoms with E-state index in [9.17, 15) is 9.59 Å². The van der Waals surface area contributed by atoms with Crippen LogP contribution in [0, 0.1) is 5.92 Å². The van der Waals surface area contributed by atoms with E-state index in [0.717, 1.165) is 21.7 Å². The molecule has 1 saturated heterocycles. The molecule has 0 radical (unpaired) electrons. The molecule has 1 aliphatic heterocycles. The second-order valence-electron chi connectivity index (χ2n) is 7.10. The zero-order chi connectivity index (χ0) is 20.6. The standard InChI is InChI=1S/C19H26N6O2S2/c1-14(2)12-20-17-22-23-19(29-17)28-13-16(26)24-8-10-25(11-9-24)18(27)21-15-6-4-3-5-7-15/h3-7,14H,8-13H2,1-2H3,(H,20,22)(H,21,27). The summed E-state index contributed by atoms with van der Waals surface area (Å²) in [6.07, 6.45) is 0. The number of piperazine rings is 1. The lowest BCUT2D eigenvalue weighted by Crippen LogP contribution is -2.52. The molecule has 10 heteroatoms. The van der Waals surface area contributed by atoms with E-state index in [-0.39, 0.29) is 11.9 Å². The van der Waals surface area contributed by atoms with E-state index in [1.54, 1.807) is 9.80 Å². The van der Waals surface area contributed by atoms with Gasteiger partial charge in [-0.15, -0.1) is 10.2 Å². The van der Waals surface area contributed by atoms with Gasteiger partial charge in [-0.25, -0.2) is 4.79 Å². The van der Waals surface area contributed by atoms with Crippen LogP contribution in [0.5, 0.6) is 0 Å². The van der Waals surface area contributed by atoms with Crippen molar-refractivity contribution in [1.82, 2.24) is 20.0 Å². The highest BCUT2D eigenvalue weighted by molar-refractivity contribution is 8.01. The molecule has 0 spiro atoms. The minimum atomic E-state index is -0.132. The molecule has 1 aromatic carbocycles. The van der Waals surface area contributed by atoms with Crippen LogP contribution in [-0.2, 0) is 4.79 Å².